The quantitative estimate of drug-likeness (QED) is 0.876. The van der Waals surface area contributed by atoms with Gasteiger partial charge in [0.1, 0.15) is 11.1 Å². The minimum Gasteiger partial charge on any atom is -0.453 e. The van der Waals surface area contributed by atoms with Gasteiger partial charge in [-0.25, -0.2) is 4.79 Å². The van der Waals surface area contributed by atoms with Gasteiger partial charge in [0.15, 0.2) is 0 Å². The van der Waals surface area contributed by atoms with Crippen LogP contribution in [0, 0.1) is 25.2 Å². The van der Waals surface area contributed by atoms with Gasteiger partial charge in [-0.05, 0) is 49.1 Å². The van der Waals surface area contributed by atoms with E-state index in [0.717, 1.165) is 21.6 Å². The Balaban J connectivity index is 1.86. The highest BCUT2D eigenvalue weighted by atomic mass is 32.1. The van der Waals surface area contributed by atoms with Gasteiger partial charge >= 0.3 is 6.09 Å². The molecule has 0 saturated carbocycles. The first-order valence-corrected chi connectivity index (χ1v) is 9.02. The Kier molecular flexibility index (Phi) is 4.96. The number of carbonyl (C=O) groups excluding carboxylic acids is 2. The summed E-state index contributed by atoms with van der Waals surface area (Å²) in [6.07, 6.45) is 0.187. The molecule has 0 bridgehead atoms. The van der Waals surface area contributed by atoms with Crippen LogP contribution in [-0.4, -0.2) is 30.6 Å². The Morgan fingerprint density at radius 3 is 2.73 bits per heavy atom. The number of amides is 2. The molecule has 0 spiro atoms. The average Bonchev–Trinajstić information content (AvgIpc) is 2.99. The van der Waals surface area contributed by atoms with Crippen LogP contribution >= 0.6 is 11.3 Å². The van der Waals surface area contributed by atoms with Crippen molar-refractivity contribution in [2.45, 2.75) is 26.8 Å². The SMILES string of the molecule is COC(=O)N1CCc2c(sc(NC(=O)c3ccc(C)c(C)c3)c2C#N)C1. The molecule has 0 unspecified atom stereocenters. The molecular weight excluding hydrogens is 350 g/mol. The zero-order valence-corrected chi connectivity index (χ0v) is 15.7. The van der Waals surface area contributed by atoms with E-state index < -0.39 is 0 Å². The van der Waals surface area contributed by atoms with E-state index in [-0.39, 0.29) is 12.0 Å². The Morgan fingerprint density at radius 2 is 2.08 bits per heavy atom. The highest BCUT2D eigenvalue weighted by molar-refractivity contribution is 7.16. The van der Waals surface area contributed by atoms with E-state index >= 15 is 0 Å². The summed E-state index contributed by atoms with van der Waals surface area (Å²) >= 11 is 1.34. The van der Waals surface area contributed by atoms with E-state index in [1.807, 2.05) is 26.0 Å². The van der Waals surface area contributed by atoms with Crippen molar-refractivity contribution in [1.29, 1.82) is 5.26 Å². The lowest BCUT2D eigenvalue weighted by molar-refractivity contribution is 0.102. The third-order valence-corrected chi connectivity index (χ3v) is 5.73. The largest absolute Gasteiger partial charge is 0.453 e. The summed E-state index contributed by atoms with van der Waals surface area (Å²) in [6, 6.07) is 7.72. The van der Waals surface area contributed by atoms with E-state index in [1.165, 1.54) is 18.4 Å². The minimum absolute atomic E-state index is 0.243. The minimum atomic E-state index is -0.386. The number of ether oxygens (including phenoxy) is 1. The smallest absolute Gasteiger partial charge is 0.409 e. The Hall–Kier alpha value is -2.85. The lowest BCUT2D eigenvalue weighted by atomic mass is 10.0. The number of nitriles is 1. The summed E-state index contributed by atoms with van der Waals surface area (Å²) in [6.45, 7) is 4.83. The predicted molar refractivity (Wildman–Crippen MR) is 99.4 cm³/mol. The second kappa shape index (κ2) is 7.18. The van der Waals surface area contributed by atoms with E-state index in [9.17, 15) is 14.9 Å². The van der Waals surface area contributed by atoms with Gasteiger partial charge in [-0.2, -0.15) is 5.26 Å². The number of methoxy groups -OCH3 is 1. The molecule has 1 aromatic carbocycles. The summed E-state index contributed by atoms with van der Waals surface area (Å²) < 4.78 is 4.77. The van der Waals surface area contributed by atoms with Crippen LogP contribution in [0.25, 0.3) is 0 Å². The van der Waals surface area contributed by atoms with Gasteiger partial charge in [-0.1, -0.05) is 6.07 Å². The van der Waals surface area contributed by atoms with Crippen molar-refractivity contribution < 1.29 is 14.3 Å². The van der Waals surface area contributed by atoms with Crippen molar-refractivity contribution in [3.8, 4) is 6.07 Å². The maximum Gasteiger partial charge on any atom is 0.409 e. The molecule has 134 valence electrons. The number of hydrogen-bond acceptors (Lipinski definition) is 5. The molecule has 1 aromatic heterocycles. The Morgan fingerprint density at radius 1 is 1.31 bits per heavy atom. The molecule has 0 radical (unpaired) electrons. The van der Waals surface area contributed by atoms with Gasteiger partial charge < -0.3 is 15.0 Å². The third-order valence-electron chi connectivity index (χ3n) is 4.60. The molecule has 26 heavy (non-hydrogen) atoms. The number of thiophene rings is 1. The second-order valence-electron chi connectivity index (χ2n) is 6.21. The summed E-state index contributed by atoms with van der Waals surface area (Å²) in [5.74, 6) is -0.243. The van der Waals surface area contributed by atoms with Gasteiger partial charge in [0.05, 0.1) is 19.2 Å². The lowest BCUT2D eigenvalue weighted by Crippen LogP contribution is -2.35. The molecule has 0 atom stereocenters. The van der Waals surface area contributed by atoms with Gasteiger partial charge in [-0.3, -0.25) is 4.79 Å². The van der Waals surface area contributed by atoms with Crippen LogP contribution in [0.1, 0.15) is 37.5 Å². The van der Waals surface area contributed by atoms with Gasteiger partial charge in [0, 0.05) is 17.0 Å². The summed E-state index contributed by atoms with van der Waals surface area (Å²) in [7, 11) is 1.35. The number of carbonyl (C=O) groups is 2. The van der Waals surface area contributed by atoms with Gasteiger partial charge in [-0.15, -0.1) is 11.3 Å². The first-order chi connectivity index (χ1) is 12.4. The molecule has 2 amide bonds. The molecule has 0 aliphatic carbocycles. The average molecular weight is 369 g/mol. The van der Waals surface area contributed by atoms with Gasteiger partial charge in [0.2, 0.25) is 0 Å². The number of aryl methyl sites for hydroxylation is 2. The summed E-state index contributed by atoms with van der Waals surface area (Å²) in [5, 5.41) is 12.9. The number of fused-ring (bicyclic) bond motifs is 1. The highest BCUT2D eigenvalue weighted by Gasteiger charge is 2.28. The molecule has 7 heteroatoms. The zero-order chi connectivity index (χ0) is 18.8. The molecule has 1 aliphatic rings. The summed E-state index contributed by atoms with van der Waals surface area (Å²) in [5.41, 5.74) is 4.12. The summed E-state index contributed by atoms with van der Waals surface area (Å²) in [4.78, 5) is 26.8. The maximum atomic E-state index is 12.6. The molecular formula is C19H19N3O3S. The van der Waals surface area contributed by atoms with Crippen LogP contribution in [0.15, 0.2) is 18.2 Å². The van der Waals surface area contributed by atoms with E-state index in [2.05, 4.69) is 11.4 Å². The fourth-order valence-electron chi connectivity index (χ4n) is 2.95. The van der Waals surface area contributed by atoms with Gasteiger partial charge in [0.25, 0.3) is 5.91 Å². The molecule has 2 aromatic rings. The van der Waals surface area contributed by atoms with Crippen LogP contribution < -0.4 is 5.32 Å². The maximum absolute atomic E-state index is 12.6. The van der Waals surface area contributed by atoms with Crippen molar-refractivity contribution >= 4 is 28.3 Å². The molecule has 1 N–H and O–H groups in total. The number of nitrogens with zero attached hydrogens (tertiary/aromatic N) is 2. The van der Waals surface area contributed by atoms with E-state index in [0.29, 0.717) is 35.6 Å². The molecule has 0 fully saturated rings. The zero-order valence-electron chi connectivity index (χ0n) is 14.9. The first-order valence-electron chi connectivity index (χ1n) is 8.20. The number of hydrogen-bond donors (Lipinski definition) is 1. The fraction of sp³-hybridized carbons (Fsp3) is 0.316. The van der Waals surface area contributed by atoms with Crippen molar-refractivity contribution in [2.24, 2.45) is 0 Å². The molecule has 6 nitrogen and oxygen atoms in total. The number of rotatable bonds is 2. The third kappa shape index (κ3) is 3.28. The molecule has 1 aliphatic heterocycles. The Labute approximate surface area is 156 Å². The standard InChI is InChI=1S/C19H19N3O3S/c1-11-4-5-13(8-12(11)2)17(23)21-18-15(9-20)14-6-7-22(19(24)25-3)10-16(14)26-18/h4-5,8H,6-7,10H2,1-3H3,(H,21,23). The molecule has 3 rings (SSSR count). The molecule has 0 saturated heterocycles. The van der Waals surface area contributed by atoms with E-state index in [4.69, 9.17) is 4.74 Å². The first kappa shape index (κ1) is 18.0. The van der Waals surface area contributed by atoms with Crippen molar-refractivity contribution in [3.05, 3.63) is 50.9 Å². The Bertz CT molecular complexity index is 927. The fourth-order valence-corrected chi connectivity index (χ4v) is 4.16. The number of anilines is 1. The topological polar surface area (TPSA) is 82.4 Å². The van der Waals surface area contributed by atoms with Crippen LogP contribution in [0.3, 0.4) is 0 Å². The van der Waals surface area contributed by atoms with Crippen LogP contribution in [-0.2, 0) is 17.7 Å². The van der Waals surface area contributed by atoms with Crippen LogP contribution in [0.2, 0.25) is 0 Å². The highest BCUT2D eigenvalue weighted by Crippen LogP contribution is 2.37. The monoisotopic (exact) mass is 369 g/mol. The van der Waals surface area contributed by atoms with E-state index in [1.54, 1.807) is 11.0 Å². The number of benzene rings is 1. The predicted octanol–water partition coefficient (Wildman–Crippen LogP) is 3.61. The lowest BCUT2D eigenvalue weighted by Gasteiger charge is -2.25. The van der Waals surface area contributed by atoms with Crippen molar-refractivity contribution in [1.82, 2.24) is 4.90 Å². The molecule has 2 heterocycles. The van der Waals surface area contributed by atoms with Crippen LogP contribution in [0.5, 0.6) is 0 Å². The second-order valence-corrected chi connectivity index (χ2v) is 7.32. The van der Waals surface area contributed by atoms with Crippen molar-refractivity contribution in [3.63, 3.8) is 0 Å². The number of nitrogens with one attached hydrogen (secondary N) is 1. The van der Waals surface area contributed by atoms with Crippen LogP contribution in [0.4, 0.5) is 9.80 Å². The normalized spacial score (nSPS) is 12.9. The van der Waals surface area contributed by atoms with Crippen molar-refractivity contribution in [2.75, 3.05) is 19.0 Å².